The minimum absolute atomic E-state index is 0.246. The summed E-state index contributed by atoms with van der Waals surface area (Å²) >= 11 is 0. The molecule has 23 heavy (non-hydrogen) atoms. The molecule has 2 aromatic rings. The van der Waals surface area contributed by atoms with Crippen LogP contribution in [0.5, 0.6) is 5.75 Å². The fraction of sp³-hybridized carbons (Fsp3) is 0.400. The number of methoxy groups -OCH3 is 1. The molecule has 2 nitrogen and oxygen atoms in total. The quantitative estimate of drug-likeness (QED) is 0.638. The highest BCUT2D eigenvalue weighted by molar-refractivity contribution is 6.74. The minimum Gasteiger partial charge on any atom is -0.497 e. The van der Waals surface area contributed by atoms with Crippen LogP contribution in [0.1, 0.15) is 26.3 Å². The fourth-order valence-corrected chi connectivity index (χ4v) is 3.02. The molecule has 0 N–H and O–H groups in total. The van der Waals surface area contributed by atoms with Crippen molar-refractivity contribution in [3.8, 4) is 16.9 Å². The van der Waals surface area contributed by atoms with E-state index in [2.05, 4.69) is 70.3 Å². The summed E-state index contributed by atoms with van der Waals surface area (Å²) in [5.41, 5.74) is 3.64. The Labute approximate surface area is 141 Å². The molecule has 0 heterocycles. The summed E-state index contributed by atoms with van der Waals surface area (Å²) in [6.07, 6.45) is 0. The minimum atomic E-state index is -1.69. The smallest absolute Gasteiger partial charge is 0.192 e. The molecular formula is C20H28O2Si. The molecule has 0 radical (unpaired) electrons. The predicted molar refractivity (Wildman–Crippen MR) is 100 cm³/mol. The lowest BCUT2D eigenvalue weighted by atomic mass is 10.0. The second-order valence-electron chi connectivity index (χ2n) is 7.47. The summed E-state index contributed by atoms with van der Waals surface area (Å²) in [6.45, 7) is 12.1. The molecule has 3 heteroatoms. The molecule has 0 aliphatic rings. The first-order valence-corrected chi connectivity index (χ1v) is 11.0. The van der Waals surface area contributed by atoms with Crippen LogP contribution in [0.3, 0.4) is 0 Å². The van der Waals surface area contributed by atoms with Crippen molar-refractivity contribution in [2.75, 3.05) is 7.11 Å². The Morgan fingerprint density at radius 1 is 0.826 bits per heavy atom. The van der Waals surface area contributed by atoms with Gasteiger partial charge < -0.3 is 9.16 Å². The molecule has 0 spiro atoms. The fourth-order valence-electron chi connectivity index (χ4n) is 2.06. The highest BCUT2D eigenvalue weighted by atomic mass is 28.4. The average molecular weight is 329 g/mol. The summed E-state index contributed by atoms with van der Waals surface area (Å²) < 4.78 is 11.5. The van der Waals surface area contributed by atoms with Gasteiger partial charge in [0.25, 0.3) is 0 Å². The molecule has 0 saturated carbocycles. The van der Waals surface area contributed by atoms with Crippen LogP contribution in [0.15, 0.2) is 48.5 Å². The van der Waals surface area contributed by atoms with Gasteiger partial charge in [-0.1, -0.05) is 57.2 Å². The van der Waals surface area contributed by atoms with Gasteiger partial charge in [0, 0.05) is 0 Å². The summed E-state index contributed by atoms with van der Waals surface area (Å²) in [4.78, 5) is 0. The lowest BCUT2D eigenvalue weighted by Gasteiger charge is -2.36. The number of hydrogen-bond acceptors (Lipinski definition) is 2. The van der Waals surface area contributed by atoms with E-state index in [1.54, 1.807) is 7.11 Å². The van der Waals surface area contributed by atoms with Crippen LogP contribution in [-0.4, -0.2) is 15.4 Å². The first-order chi connectivity index (χ1) is 10.7. The molecule has 0 aliphatic carbocycles. The van der Waals surface area contributed by atoms with E-state index in [1.807, 2.05) is 12.1 Å². The third-order valence-corrected chi connectivity index (χ3v) is 9.26. The Bertz CT molecular complexity index is 622. The number of ether oxygens (including phenoxy) is 1. The third kappa shape index (κ3) is 4.46. The van der Waals surface area contributed by atoms with E-state index >= 15 is 0 Å². The van der Waals surface area contributed by atoms with Gasteiger partial charge in [0.2, 0.25) is 0 Å². The van der Waals surface area contributed by atoms with E-state index in [0.717, 1.165) is 5.75 Å². The molecule has 0 unspecified atom stereocenters. The van der Waals surface area contributed by atoms with Gasteiger partial charge in [0.05, 0.1) is 13.7 Å². The molecule has 0 atom stereocenters. The van der Waals surface area contributed by atoms with Crippen molar-refractivity contribution in [1.29, 1.82) is 0 Å². The lowest BCUT2D eigenvalue weighted by Crippen LogP contribution is -2.40. The standard InChI is InChI=1S/C20H28O2Si/c1-20(2,3)23(5,6)22-15-16-7-9-17(10-8-16)18-11-13-19(21-4)14-12-18/h7-14H,15H2,1-6H3. The van der Waals surface area contributed by atoms with Gasteiger partial charge >= 0.3 is 0 Å². The molecule has 0 saturated heterocycles. The first kappa shape index (κ1) is 17.8. The maximum absolute atomic E-state index is 6.28. The Morgan fingerprint density at radius 3 is 1.74 bits per heavy atom. The molecule has 0 fully saturated rings. The van der Waals surface area contributed by atoms with Crippen molar-refractivity contribution in [2.45, 2.75) is 45.5 Å². The molecule has 2 aromatic carbocycles. The molecule has 0 aromatic heterocycles. The zero-order valence-corrected chi connectivity index (χ0v) is 16.1. The van der Waals surface area contributed by atoms with E-state index in [4.69, 9.17) is 9.16 Å². The van der Waals surface area contributed by atoms with E-state index in [9.17, 15) is 0 Å². The largest absolute Gasteiger partial charge is 0.497 e. The van der Waals surface area contributed by atoms with E-state index < -0.39 is 8.32 Å². The van der Waals surface area contributed by atoms with Crippen molar-refractivity contribution in [1.82, 2.24) is 0 Å². The normalized spacial score (nSPS) is 12.3. The summed E-state index contributed by atoms with van der Waals surface area (Å²) in [6, 6.07) is 16.8. The Morgan fingerprint density at radius 2 is 1.30 bits per heavy atom. The number of benzene rings is 2. The van der Waals surface area contributed by atoms with Gasteiger partial charge in [-0.3, -0.25) is 0 Å². The Kier molecular flexibility index (Phi) is 5.32. The van der Waals surface area contributed by atoms with E-state index in [1.165, 1.54) is 16.7 Å². The molecular weight excluding hydrogens is 300 g/mol. The summed E-state index contributed by atoms with van der Waals surface area (Å²) in [5, 5.41) is 0.246. The third-order valence-electron chi connectivity index (χ3n) is 4.78. The van der Waals surface area contributed by atoms with Crippen LogP contribution in [-0.2, 0) is 11.0 Å². The van der Waals surface area contributed by atoms with Crippen molar-refractivity contribution in [3.63, 3.8) is 0 Å². The Hall–Kier alpha value is -1.58. The second kappa shape index (κ2) is 6.89. The van der Waals surface area contributed by atoms with Crippen molar-refractivity contribution in [2.24, 2.45) is 0 Å². The number of hydrogen-bond donors (Lipinski definition) is 0. The van der Waals surface area contributed by atoms with Gasteiger partial charge in [-0.05, 0) is 47.0 Å². The van der Waals surface area contributed by atoms with Gasteiger partial charge in [-0.25, -0.2) is 0 Å². The van der Waals surface area contributed by atoms with Crippen molar-refractivity contribution < 1.29 is 9.16 Å². The van der Waals surface area contributed by atoms with Crippen LogP contribution in [0.2, 0.25) is 18.1 Å². The van der Waals surface area contributed by atoms with Crippen LogP contribution in [0.4, 0.5) is 0 Å². The molecule has 124 valence electrons. The van der Waals surface area contributed by atoms with Gasteiger partial charge in [-0.15, -0.1) is 0 Å². The van der Waals surface area contributed by atoms with Crippen LogP contribution in [0.25, 0.3) is 11.1 Å². The van der Waals surface area contributed by atoms with Gasteiger partial charge in [-0.2, -0.15) is 0 Å². The zero-order chi connectivity index (χ0) is 17.1. The molecule has 0 aliphatic heterocycles. The summed E-state index contributed by atoms with van der Waals surface area (Å²) in [7, 11) is -0.00296. The maximum atomic E-state index is 6.28. The monoisotopic (exact) mass is 328 g/mol. The topological polar surface area (TPSA) is 18.5 Å². The second-order valence-corrected chi connectivity index (χ2v) is 12.3. The predicted octanol–water partition coefficient (Wildman–Crippen LogP) is 5.88. The van der Waals surface area contributed by atoms with Crippen LogP contribution < -0.4 is 4.74 Å². The zero-order valence-electron chi connectivity index (χ0n) is 15.1. The molecule has 0 bridgehead atoms. The van der Waals surface area contributed by atoms with Crippen LogP contribution in [0, 0.1) is 0 Å². The molecule has 0 amide bonds. The highest BCUT2D eigenvalue weighted by Gasteiger charge is 2.36. The highest BCUT2D eigenvalue weighted by Crippen LogP contribution is 2.37. The SMILES string of the molecule is COc1ccc(-c2ccc(CO[Si](C)(C)C(C)(C)C)cc2)cc1. The lowest BCUT2D eigenvalue weighted by molar-refractivity contribution is 0.276. The maximum Gasteiger partial charge on any atom is 0.192 e. The Balaban J connectivity index is 2.04. The van der Waals surface area contributed by atoms with Crippen molar-refractivity contribution >= 4 is 8.32 Å². The molecule has 2 rings (SSSR count). The van der Waals surface area contributed by atoms with Crippen molar-refractivity contribution in [3.05, 3.63) is 54.1 Å². The number of rotatable bonds is 5. The summed E-state index contributed by atoms with van der Waals surface area (Å²) in [5.74, 6) is 0.883. The average Bonchev–Trinajstić information content (AvgIpc) is 2.52. The van der Waals surface area contributed by atoms with Gasteiger partial charge in [0.15, 0.2) is 8.32 Å². The van der Waals surface area contributed by atoms with Crippen LogP contribution >= 0.6 is 0 Å². The van der Waals surface area contributed by atoms with Gasteiger partial charge in [0.1, 0.15) is 5.75 Å². The van der Waals surface area contributed by atoms with E-state index in [0.29, 0.717) is 6.61 Å². The van der Waals surface area contributed by atoms with E-state index in [-0.39, 0.29) is 5.04 Å². The first-order valence-electron chi connectivity index (χ1n) is 8.10.